The lowest BCUT2D eigenvalue weighted by Crippen LogP contribution is -2.32. The number of hydrogen-bond acceptors (Lipinski definition) is 6. The molecule has 0 aromatic carbocycles. The minimum atomic E-state index is 0.598. The number of likely N-dealkylation sites (tertiary alicyclic amines) is 1. The normalized spacial score (nSPS) is 13.7. The molecule has 1 aliphatic rings. The number of hydrogen-bond donors (Lipinski definition) is 2. The number of piperidine rings is 1. The number of nitrogens with two attached hydrogens (primary N) is 2. The summed E-state index contributed by atoms with van der Waals surface area (Å²) in [5.41, 5.74) is 15.7. The Morgan fingerprint density at radius 3 is 2.46 bits per heavy atom. The number of unbranched alkanes of at least 4 members (excludes halogenated alkanes) is 1. The molecule has 0 spiro atoms. The van der Waals surface area contributed by atoms with Gasteiger partial charge in [0.25, 0.3) is 0 Å². The number of nitrogen functional groups attached to an aromatic ring is 1. The van der Waals surface area contributed by atoms with Gasteiger partial charge in [-0.2, -0.15) is 5.10 Å². The molecule has 4 aromatic rings. The van der Waals surface area contributed by atoms with Crippen molar-refractivity contribution in [1.29, 1.82) is 0 Å². The van der Waals surface area contributed by atoms with E-state index in [4.69, 9.17) is 10.8 Å². The van der Waals surface area contributed by atoms with Crippen LogP contribution in [0.15, 0.2) is 43.4 Å². The second-order valence-corrected chi connectivity index (χ2v) is 8.62. The van der Waals surface area contributed by atoms with E-state index in [9.17, 15) is 0 Å². The van der Waals surface area contributed by atoms with Crippen molar-refractivity contribution in [1.82, 2.24) is 29.0 Å². The predicted molar refractivity (Wildman–Crippen MR) is 147 cm³/mol. The highest BCUT2D eigenvalue weighted by molar-refractivity contribution is 5.93. The van der Waals surface area contributed by atoms with Crippen molar-refractivity contribution in [2.24, 2.45) is 5.73 Å². The predicted octanol–water partition coefficient (Wildman–Crippen LogP) is 4.84. The summed E-state index contributed by atoms with van der Waals surface area (Å²) < 4.78 is 3.99. The molecule has 0 unspecified atom stereocenters. The van der Waals surface area contributed by atoms with E-state index in [1.165, 1.54) is 52.2 Å². The smallest absolute Gasteiger partial charge is 0.177 e. The van der Waals surface area contributed by atoms with Gasteiger partial charge in [-0.25, -0.2) is 14.5 Å². The number of fused-ring (bicyclic) bond motifs is 2. The summed E-state index contributed by atoms with van der Waals surface area (Å²) in [5.74, 6) is 0. The Labute approximate surface area is 208 Å². The number of anilines is 1. The molecule has 4 N–H and O–H groups in total. The van der Waals surface area contributed by atoms with Gasteiger partial charge in [0.15, 0.2) is 5.65 Å². The molecule has 1 aliphatic heterocycles. The average Bonchev–Trinajstić information content (AvgIpc) is 3.51. The zero-order valence-corrected chi connectivity index (χ0v) is 21.5. The van der Waals surface area contributed by atoms with Gasteiger partial charge < -0.3 is 20.9 Å². The van der Waals surface area contributed by atoms with E-state index in [0.717, 1.165) is 41.1 Å². The van der Waals surface area contributed by atoms with E-state index in [0.29, 0.717) is 11.3 Å². The maximum Gasteiger partial charge on any atom is 0.177 e. The maximum absolute atomic E-state index is 6.28. The first-order chi connectivity index (χ1) is 17.2. The van der Waals surface area contributed by atoms with Crippen molar-refractivity contribution in [2.75, 3.05) is 32.4 Å². The Bertz CT molecular complexity index is 1210. The summed E-state index contributed by atoms with van der Waals surface area (Å²) in [6.07, 6.45) is 14.1. The number of imidazole rings is 1. The minimum absolute atomic E-state index is 0.598. The largest absolute Gasteiger partial charge is 0.396 e. The number of rotatable bonds is 6. The van der Waals surface area contributed by atoms with E-state index in [-0.39, 0.29) is 0 Å². The molecule has 35 heavy (non-hydrogen) atoms. The van der Waals surface area contributed by atoms with Crippen LogP contribution in [0.4, 0.5) is 5.69 Å². The molecule has 188 valence electrons. The van der Waals surface area contributed by atoms with E-state index in [1.807, 2.05) is 18.3 Å². The van der Waals surface area contributed by atoms with Crippen molar-refractivity contribution in [3.63, 3.8) is 0 Å². The Morgan fingerprint density at radius 2 is 1.77 bits per heavy atom. The van der Waals surface area contributed by atoms with Crippen LogP contribution in [0.25, 0.3) is 34.0 Å². The fourth-order valence-electron chi connectivity index (χ4n) is 4.21. The molecule has 8 heteroatoms. The molecule has 1 saturated heterocycles. The number of aromatic nitrogens is 5. The second-order valence-electron chi connectivity index (χ2n) is 8.62. The molecule has 0 amide bonds. The molecule has 1 fully saturated rings. The third-order valence-corrected chi connectivity index (χ3v) is 6.25. The fraction of sp³-hybridized carbons (Fsp3) is 0.444. The molecule has 5 rings (SSSR count). The van der Waals surface area contributed by atoms with E-state index < -0.39 is 0 Å². The first-order valence-electron chi connectivity index (χ1n) is 12.7. The van der Waals surface area contributed by atoms with Crippen LogP contribution in [0.1, 0.15) is 51.6 Å². The lowest BCUT2D eigenvalue weighted by molar-refractivity contribution is 0.221. The highest BCUT2D eigenvalue weighted by Gasteiger charge is 2.17. The summed E-state index contributed by atoms with van der Waals surface area (Å²) in [7, 11) is 1.50. The topological polar surface area (TPSA) is 103 Å². The summed E-state index contributed by atoms with van der Waals surface area (Å²) in [6, 6.07) is 5.96. The van der Waals surface area contributed by atoms with Crippen molar-refractivity contribution in [3.8, 4) is 11.3 Å². The highest BCUT2D eigenvalue weighted by atomic mass is 15.3. The van der Waals surface area contributed by atoms with Crippen LogP contribution in [-0.4, -0.2) is 55.7 Å². The van der Waals surface area contributed by atoms with E-state index in [1.54, 1.807) is 16.8 Å². The summed E-state index contributed by atoms with van der Waals surface area (Å²) in [6.45, 7) is 12.5. The first-order valence-corrected chi connectivity index (χ1v) is 12.7. The van der Waals surface area contributed by atoms with Crippen LogP contribution in [-0.2, 0) is 6.54 Å². The van der Waals surface area contributed by atoms with Crippen molar-refractivity contribution in [2.45, 2.75) is 52.5 Å². The molecule has 0 aliphatic carbocycles. The zero-order chi connectivity index (χ0) is 25.2. The van der Waals surface area contributed by atoms with Crippen LogP contribution in [0.3, 0.4) is 0 Å². The minimum Gasteiger partial charge on any atom is -0.396 e. The van der Waals surface area contributed by atoms with Gasteiger partial charge in [-0.05, 0) is 57.3 Å². The highest BCUT2D eigenvalue weighted by Crippen LogP contribution is 2.30. The molecule has 5 heterocycles. The lowest BCUT2D eigenvalue weighted by Gasteiger charge is -2.26. The van der Waals surface area contributed by atoms with Crippen molar-refractivity contribution < 1.29 is 0 Å². The van der Waals surface area contributed by atoms with Gasteiger partial charge in [-0.15, -0.1) is 0 Å². The van der Waals surface area contributed by atoms with Crippen LogP contribution >= 0.6 is 0 Å². The summed E-state index contributed by atoms with van der Waals surface area (Å²) in [4.78, 5) is 11.5. The van der Waals surface area contributed by atoms with Crippen LogP contribution in [0.2, 0.25) is 0 Å². The quantitative estimate of drug-likeness (QED) is 0.413. The maximum atomic E-state index is 6.28. The monoisotopic (exact) mass is 476 g/mol. The Morgan fingerprint density at radius 1 is 1.03 bits per heavy atom. The first kappa shape index (κ1) is 26.4. The third kappa shape index (κ3) is 6.07. The number of nitrogens with zero attached hydrogens (tertiary/aromatic N) is 6. The second kappa shape index (κ2) is 13.0. The Hall–Kier alpha value is -3.23. The van der Waals surface area contributed by atoms with Gasteiger partial charge in [-0.1, -0.05) is 39.7 Å². The fourth-order valence-corrected chi connectivity index (χ4v) is 4.21. The van der Waals surface area contributed by atoms with Crippen molar-refractivity contribution >= 4 is 28.4 Å². The average molecular weight is 477 g/mol. The molecule has 0 saturated carbocycles. The van der Waals surface area contributed by atoms with Gasteiger partial charge in [0.2, 0.25) is 0 Å². The van der Waals surface area contributed by atoms with Gasteiger partial charge in [-0.3, -0.25) is 0 Å². The molecule has 0 radical (unpaired) electrons. The molecule has 0 bridgehead atoms. The van der Waals surface area contributed by atoms with Crippen molar-refractivity contribution in [3.05, 3.63) is 49.1 Å². The molecule has 0 atom stereocenters. The molecule has 4 aromatic heterocycles. The van der Waals surface area contributed by atoms with Crippen LogP contribution < -0.4 is 11.5 Å². The van der Waals surface area contributed by atoms with Gasteiger partial charge >= 0.3 is 0 Å². The Balaban J connectivity index is 0.000000521. The molecule has 8 nitrogen and oxygen atoms in total. The molecular weight excluding hydrogens is 436 g/mol. The SMILES string of the molecule is C=Cc1cnc2c(N)cc(-c3cn(CCN4CCCCC4)c4ncccc34)nn12.CCCC.CN. The standard InChI is InChI=1S/C22H25N7.C4H10.CH5N/c1-2-16-14-25-22-19(23)13-20(26-29(16)22)18-15-28(21-17(18)7-6-8-24-21)12-11-27-9-4-3-5-10-27;1-3-4-2;1-2/h2,6-8,13-15H,1,3-5,9-12,23H2;3-4H2,1-2H3;2H2,1H3. The zero-order valence-electron chi connectivity index (χ0n) is 21.5. The lowest BCUT2D eigenvalue weighted by atomic mass is 10.1. The Kier molecular flexibility index (Phi) is 9.81. The van der Waals surface area contributed by atoms with E-state index in [2.05, 4.69) is 57.9 Å². The van der Waals surface area contributed by atoms with Crippen LogP contribution in [0.5, 0.6) is 0 Å². The van der Waals surface area contributed by atoms with E-state index >= 15 is 0 Å². The van der Waals surface area contributed by atoms with Gasteiger partial charge in [0, 0.05) is 36.4 Å². The number of pyridine rings is 1. The summed E-state index contributed by atoms with van der Waals surface area (Å²) >= 11 is 0. The third-order valence-electron chi connectivity index (χ3n) is 6.25. The van der Waals surface area contributed by atoms with Crippen LogP contribution in [0, 0.1) is 0 Å². The van der Waals surface area contributed by atoms with Gasteiger partial charge in [0.05, 0.1) is 23.3 Å². The van der Waals surface area contributed by atoms with Gasteiger partial charge in [0.1, 0.15) is 5.65 Å². The summed E-state index contributed by atoms with van der Waals surface area (Å²) in [5, 5.41) is 5.88. The molecular formula is C27H40N8.